The summed E-state index contributed by atoms with van der Waals surface area (Å²) < 4.78 is 13.4. The van der Waals surface area contributed by atoms with Gasteiger partial charge in [0.25, 0.3) is 0 Å². The van der Waals surface area contributed by atoms with Crippen molar-refractivity contribution in [3.8, 4) is 11.1 Å². The summed E-state index contributed by atoms with van der Waals surface area (Å²) in [6.07, 6.45) is 0. The van der Waals surface area contributed by atoms with Crippen LogP contribution in [0.25, 0.3) is 16.0 Å². The molecule has 2 aromatic carbocycles. The molecule has 0 aromatic heterocycles. The number of carbonyl (C=O) groups is 1. The average molecular weight is 329 g/mol. The molecule has 5 heteroatoms. The normalized spacial score (nSPS) is 11.7. The smallest absolute Gasteiger partial charge is 0.316 e. The topological polar surface area (TPSA) is 49.7 Å². The Labute approximate surface area is 138 Å². The van der Waals surface area contributed by atoms with Crippen molar-refractivity contribution in [1.82, 2.24) is 0 Å². The number of rotatable bonds is 6. The van der Waals surface area contributed by atoms with Gasteiger partial charge in [0.05, 0.1) is 5.69 Å². The van der Waals surface area contributed by atoms with E-state index in [4.69, 9.17) is 5.11 Å². The van der Waals surface area contributed by atoms with Crippen LogP contribution in [0.4, 0.5) is 10.1 Å². The molecule has 0 amide bonds. The van der Waals surface area contributed by atoms with Crippen LogP contribution in [0.5, 0.6) is 0 Å². The first-order valence-electron chi connectivity index (χ1n) is 6.88. The molecule has 0 spiro atoms. The van der Waals surface area contributed by atoms with E-state index in [0.29, 0.717) is 16.2 Å². The van der Waals surface area contributed by atoms with E-state index in [0.717, 1.165) is 22.9 Å². The van der Waals surface area contributed by atoms with Gasteiger partial charge in [0, 0.05) is 10.5 Å². The number of benzene rings is 2. The van der Waals surface area contributed by atoms with Gasteiger partial charge in [-0.3, -0.25) is 9.79 Å². The number of halogens is 1. The standard InChI is InChI=1S/C18H16FNO2S/c1-11(23-12(2)18(21)22)16-10-14(7-8-17(16)20-3)13-5-4-6-15(19)9-13/h4-10,12H,1,3H2,2H3,(H,21,22). The molecule has 0 heterocycles. The molecule has 0 saturated heterocycles. The predicted octanol–water partition coefficient (Wildman–Crippen LogP) is 5.00. The molecule has 1 unspecified atom stereocenters. The molecule has 0 aliphatic rings. The van der Waals surface area contributed by atoms with E-state index in [-0.39, 0.29) is 5.82 Å². The highest BCUT2D eigenvalue weighted by molar-refractivity contribution is 8.09. The molecule has 1 N–H and O–H groups in total. The minimum atomic E-state index is -0.912. The number of nitrogens with zero attached hydrogens (tertiary/aromatic N) is 1. The van der Waals surface area contributed by atoms with Gasteiger partial charge in [0.1, 0.15) is 11.1 Å². The van der Waals surface area contributed by atoms with Gasteiger partial charge in [-0.2, -0.15) is 0 Å². The van der Waals surface area contributed by atoms with Crippen LogP contribution in [0.15, 0.2) is 54.0 Å². The first kappa shape index (κ1) is 17.0. The Bertz CT molecular complexity index is 773. The summed E-state index contributed by atoms with van der Waals surface area (Å²) in [6.45, 7) is 9.07. The van der Waals surface area contributed by atoms with E-state index < -0.39 is 11.2 Å². The maximum Gasteiger partial charge on any atom is 0.316 e. The quantitative estimate of drug-likeness (QED) is 0.759. The van der Waals surface area contributed by atoms with Crippen LogP contribution >= 0.6 is 11.8 Å². The first-order valence-corrected chi connectivity index (χ1v) is 7.76. The molecule has 0 saturated carbocycles. The average Bonchev–Trinajstić information content (AvgIpc) is 2.54. The highest BCUT2D eigenvalue weighted by Gasteiger charge is 2.16. The molecule has 0 fully saturated rings. The molecule has 0 bridgehead atoms. The summed E-state index contributed by atoms with van der Waals surface area (Å²) in [4.78, 5) is 15.5. The van der Waals surface area contributed by atoms with Gasteiger partial charge >= 0.3 is 5.97 Å². The van der Waals surface area contributed by atoms with Crippen molar-refractivity contribution >= 4 is 35.0 Å². The van der Waals surface area contributed by atoms with Crippen LogP contribution in [0, 0.1) is 5.82 Å². The number of thioether (sulfide) groups is 1. The van der Waals surface area contributed by atoms with Crippen LogP contribution < -0.4 is 0 Å². The second-order valence-electron chi connectivity index (χ2n) is 4.92. The highest BCUT2D eigenvalue weighted by Crippen LogP contribution is 2.37. The maximum atomic E-state index is 13.4. The van der Waals surface area contributed by atoms with Gasteiger partial charge in [-0.25, -0.2) is 4.39 Å². The van der Waals surface area contributed by atoms with Crippen LogP contribution in [0.3, 0.4) is 0 Å². The van der Waals surface area contributed by atoms with E-state index in [1.807, 2.05) is 12.1 Å². The third kappa shape index (κ3) is 4.07. The third-order valence-electron chi connectivity index (χ3n) is 3.29. The van der Waals surface area contributed by atoms with E-state index in [9.17, 15) is 9.18 Å². The fourth-order valence-electron chi connectivity index (χ4n) is 2.07. The lowest BCUT2D eigenvalue weighted by Gasteiger charge is -2.13. The summed E-state index contributed by atoms with van der Waals surface area (Å²) in [6, 6.07) is 11.7. The lowest BCUT2D eigenvalue weighted by Crippen LogP contribution is -2.11. The first-order chi connectivity index (χ1) is 10.9. The SMILES string of the molecule is C=Nc1ccc(-c2cccc(F)c2)cc1C(=C)SC(C)C(=O)O. The van der Waals surface area contributed by atoms with Crippen LogP contribution in [-0.4, -0.2) is 23.0 Å². The van der Waals surface area contributed by atoms with Gasteiger partial charge in [-0.1, -0.05) is 24.8 Å². The van der Waals surface area contributed by atoms with Crippen molar-refractivity contribution in [3.63, 3.8) is 0 Å². The molecule has 2 aromatic rings. The van der Waals surface area contributed by atoms with Crippen molar-refractivity contribution in [1.29, 1.82) is 0 Å². The number of hydrogen-bond acceptors (Lipinski definition) is 3. The Hall–Kier alpha value is -2.40. The largest absolute Gasteiger partial charge is 0.480 e. The van der Waals surface area contributed by atoms with Gasteiger partial charge in [-0.05, 0) is 49.0 Å². The Morgan fingerprint density at radius 2 is 1.96 bits per heavy atom. The molecule has 118 valence electrons. The summed E-state index contributed by atoms with van der Waals surface area (Å²) >= 11 is 1.14. The van der Waals surface area contributed by atoms with Gasteiger partial charge in [0.2, 0.25) is 0 Å². The molecule has 1 atom stereocenters. The molecule has 0 aliphatic heterocycles. The van der Waals surface area contributed by atoms with Crippen LogP contribution in [0.2, 0.25) is 0 Å². The van der Waals surface area contributed by atoms with Gasteiger partial charge in [-0.15, -0.1) is 11.8 Å². The Balaban J connectivity index is 2.41. The summed E-state index contributed by atoms with van der Waals surface area (Å²) in [5.74, 6) is -1.23. The van der Waals surface area contributed by atoms with Crippen molar-refractivity contribution < 1.29 is 14.3 Å². The van der Waals surface area contributed by atoms with Crippen LogP contribution in [0.1, 0.15) is 12.5 Å². The van der Waals surface area contributed by atoms with Crippen molar-refractivity contribution in [2.24, 2.45) is 4.99 Å². The minimum Gasteiger partial charge on any atom is -0.480 e. The summed E-state index contributed by atoms with van der Waals surface area (Å²) in [5, 5.41) is 8.40. The molecular formula is C18H16FNO2S. The molecule has 0 aliphatic carbocycles. The lowest BCUT2D eigenvalue weighted by molar-refractivity contribution is -0.136. The highest BCUT2D eigenvalue weighted by atomic mass is 32.2. The van der Waals surface area contributed by atoms with Crippen LogP contribution in [-0.2, 0) is 4.79 Å². The number of carboxylic acids is 1. The number of aliphatic imine (C=N–C) groups is 1. The summed E-state index contributed by atoms with van der Waals surface area (Å²) in [7, 11) is 0. The monoisotopic (exact) mass is 329 g/mol. The number of aliphatic carboxylic acids is 1. The molecule has 0 radical (unpaired) electrons. The fourth-order valence-corrected chi connectivity index (χ4v) is 2.89. The summed E-state index contributed by atoms with van der Waals surface area (Å²) in [5.41, 5.74) is 2.84. The van der Waals surface area contributed by atoms with E-state index in [2.05, 4.69) is 18.3 Å². The molecule has 2 rings (SSSR count). The minimum absolute atomic E-state index is 0.317. The zero-order valence-electron chi connectivity index (χ0n) is 12.6. The zero-order valence-corrected chi connectivity index (χ0v) is 13.4. The predicted molar refractivity (Wildman–Crippen MR) is 94.8 cm³/mol. The molecule has 3 nitrogen and oxygen atoms in total. The zero-order chi connectivity index (χ0) is 17.0. The molecule has 23 heavy (non-hydrogen) atoms. The van der Waals surface area contributed by atoms with Crippen molar-refractivity contribution in [3.05, 3.63) is 60.4 Å². The Kier molecular flexibility index (Phi) is 5.34. The number of hydrogen-bond donors (Lipinski definition) is 1. The van der Waals surface area contributed by atoms with E-state index in [1.54, 1.807) is 25.1 Å². The van der Waals surface area contributed by atoms with Crippen molar-refractivity contribution in [2.75, 3.05) is 0 Å². The van der Waals surface area contributed by atoms with E-state index >= 15 is 0 Å². The van der Waals surface area contributed by atoms with E-state index in [1.165, 1.54) is 12.1 Å². The van der Waals surface area contributed by atoms with Crippen molar-refractivity contribution in [2.45, 2.75) is 12.2 Å². The maximum absolute atomic E-state index is 13.4. The second kappa shape index (κ2) is 7.24. The van der Waals surface area contributed by atoms with Gasteiger partial charge in [0.15, 0.2) is 0 Å². The lowest BCUT2D eigenvalue weighted by atomic mass is 10.0. The number of carboxylic acid groups (broad SMARTS) is 1. The van der Waals surface area contributed by atoms with Gasteiger partial charge < -0.3 is 5.11 Å². The second-order valence-corrected chi connectivity index (χ2v) is 6.36. The Morgan fingerprint density at radius 3 is 2.57 bits per heavy atom. The third-order valence-corrected chi connectivity index (χ3v) is 4.35. The Morgan fingerprint density at radius 1 is 1.26 bits per heavy atom. The molecular weight excluding hydrogens is 313 g/mol. The fraction of sp³-hybridized carbons (Fsp3) is 0.111.